The molecule has 1 aromatic rings. The van der Waals surface area contributed by atoms with Gasteiger partial charge in [0.2, 0.25) is 6.79 Å². The van der Waals surface area contributed by atoms with Crippen molar-refractivity contribution in [1.82, 2.24) is 0 Å². The molecule has 4 aliphatic heterocycles. The number of fused-ring (bicyclic) bond motifs is 4. The lowest BCUT2D eigenvalue weighted by molar-refractivity contribution is -0.319. The van der Waals surface area contributed by atoms with Crippen LogP contribution in [-0.2, 0) is 34.9 Å². The number of rotatable bonds is 2. The second kappa shape index (κ2) is 6.82. The summed E-state index contributed by atoms with van der Waals surface area (Å²) in [5.74, 6) is 0.754. The van der Waals surface area contributed by atoms with Crippen molar-refractivity contribution >= 4 is 5.97 Å². The van der Waals surface area contributed by atoms with Gasteiger partial charge in [-0.2, -0.15) is 0 Å². The molecule has 9 heteroatoms. The molecule has 7 atom stereocenters. The van der Waals surface area contributed by atoms with E-state index in [-0.39, 0.29) is 37.8 Å². The highest BCUT2D eigenvalue weighted by Crippen LogP contribution is 2.49. The Balaban J connectivity index is 1.31. The molecule has 0 aromatic heterocycles. The van der Waals surface area contributed by atoms with E-state index in [4.69, 9.17) is 33.2 Å². The summed E-state index contributed by atoms with van der Waals surface area (Å²) in [6.45, 7) is 0.976. The Kier molecular flexibility index (Phi) is 4.21. The van der Waals surface area contributed by atoms with Crippen LogP contribution in [0.4, 0.5) is 0 Å². The average Bonchev–Trinajstić information content (AvgIpc) is 3.33. The maximum atomic E-state index is 12.3. The van der Waals surface area contributed by atoms with Gasteiger partial charge in [0.15, 0.2) is 17.8 Å². The third kappa shape index (κ3) is 2.91. The SMILES string of the molecule is O=C1OCC2C1Cc1cc3c(cc1C2OC1CC(O)C2OCOCC2O1)OCO3. The fourth-order valence-corrected chi connectivity index (χ4v) is 4.99. The molecule has 3 fully saturated rings. The molecule has 1 N–H and O–H groups in total. The number of cyclic esters (lactones) is 1. The minimum absolute atomic E-state index is 0.118. The minimum atomic E-state index is -0.709. The van der Waals surface area contributed by atoms with Crippen LogP contribution < -0.4 is 9.47 Å². The maximum absolute atomic E-state index is 12.3. The molecule has 0 bridgehead atoms. The molecule has 3 saturated heterocycles. The van der Waals surface area contributed by atoms with Gasteiger partial charge in [0.1, 0.15) is 19.0 Å². The fraction of sp³-hybridized carbons (Fsp3) is 0.650. The monoisotopic (exact) mass is 406 g/mol. The molecular formula is C20H22O9. The molecule has 0 amide bonds. The number of aliphatic hydroxyl groups excluding tert-OH is 1. The van der Waals surface area contributed by atoms with Gasteiger partial charge >= 0.3 is 5.97 Å². The highest BCUT2D eigenvalue weighted by molar-refractivity contribution is 5.76. The van der Waals surface area contributed by atoms with Gasteiger partial charge in [-0.1, -0.05) is 0 Å². The zero-order valence-electron chi connectivity index (χ0n) is 15.7. The predicted octanol–water partition coefficient (Wildman–Crippen LogP) is 0.667. The number of carbonyl (C=O) groups is 1. The summed E-state index contributed by atoms with van der Waals surface area (Å²) in [7, 11) is 0. The molecule has 5 aliphatic rings. The number of benzene rings is 1. The second-order valence-corrected chi connectivity index (χ2v) is 8.09. The molecule has 9 nitrogen and oxygen atoms in total. The molecular weight excluding hydrogens is 384 g/mol. The van der Waals surface area contributed by atoms with Crippen molar-refractivity contribution in [3.05, 3.63) is 23.3 Å². The molecule has 4 heterocycles. The van der Waals surface area contributed by atoms with Crippen LogP contribution in [0, 0.1) is 11.8 Å². The number of ether oxygens (including phenoxy) is 7. The lowest BCUT2D eigenvalue weighted by Crippen LogP contribution is -2.55. The van der Waals surface area contributed by atoms with E-state index in [0.717, 1.165) is 11.1 Å². The standard InChI is InChI=1S/C20H22O9/c21-13-4-17(28-16-6-23-7-27-19(13)16)29-18-10-3-15-14(25-8-26-15)2-9(10)1-11-12(18)5-24-20(11)22/h2-3,11-13,16-19,21H,1,4-8H2. The molecule has 7 unspecified atom stereocenters. The van der Waals surface area contributed by atoms with Crippen molar-refractivity contribution in [2.45, 2.75) is 43.5 Å². The van der Waals surface area contributed by atoms with E-state index in [2.05, 4.69) is 0 Å². The van der Waals surface area contributed by atoms with E-state index in [1.807, 2.05) is 12.1 Å². The Hall–Kier alpha value is -1.91. The Morgan fingerprint density at radius 2 is 1.93 bits per heavy atom. The van der Waals surface area contributed by atoms with Crippen LogP contribution >= 0.6 is 0 Å². The molecule has 0 saturated carbocycles. The smallest absolute Gasteiger partial charge is 0.309 e. The Morgan fingerprint density at radius 1 is 1.07 bits per heavy atom. The third-order valence-electron chi connectivity index (χ3n) is 6.44. The van der Waals surface area contributed by atoms with E-state index in [1.54, 1.807) is 0 Å². The van der Waals surface area contributed by atoms with Gasteiger partial charge in [-0.3, -0.25) is 4.79 Å². The molecule has 0 spiro atoms. The summed E-state index contributed by atoms with van der Waals surface area (Å²) in [6.07, 6.45) is -1.72. The van der Waals surface area contributed by atoms with E-state index >= 15 is 0 Å². The summed E-state index contributed by atoms with van der Waals surface area (Å²) >= 11 is 0. The van der Waals surface area contributed by atoms with Crippen LogP contribution in [0.1, 0.15) is 23.7 Å². The summed E-state index contributed by atoms with van der Waals surface area (Å²) in [6, 6.07) is 3.85. The number of hydrogen-bond acceptors (Lipinski definition) is 9. The zero-order chi connectivity index (χ0) is 19.5. The van der Waals surface area contributed by atoms with E-state index in [1.165, 1.54) is 0 Å². The first-order valence-corrected chi connectivity index (χ1v) is 9.95. The summed E-state index contributed by atoms with van der Waals surface area (Å²) in [4.78, 5) is 12.3. The molecule has 6 rings (SSSR count). The van der Waals surface area contributed by atoms with Crippen LogP contribution in [0.25, 0.3) is 0 Å². The van der Waals surface area contributed by atoms with Gasteiger partial charge in [0, 0.05) is 12.3 Å². The largest absolute Gasteiger partial charge is 0.465 e. The average molecular weight is 406 g/mol. The maximum Gasteiger partial charge on any atom is 0.309 e. The van der Waals surface area contributed by atoms with Gasteiger partial charge < -0.3 is 38.3 Å². The van der Waals surface area contributed by atoms with Crippen molar-refractivity contribution in [3.63, 3.8) is 0 Å². The molecule has 29 heavy (non-hydrogen) atoms. The van der Waals surface area contributed by atoms with Gasteiger partial charge in [0.25, 0.3) is 0 Å². The Labute approximate surface area is 166 Å². The zero-order valence-corrected chi connectivity index (χ0v) is 15.7. The van der Waals surface area contributed by atoms with Gasteiger partial charge in [-0.25, -0.2) is 0 Å². The molecule has 1 aromatic carbocycles. The third-order valence-corrected chi connectivity index (χ3v) is 6.44. The van der Waals surface area contributed by atoms with E-state index in [9.17, 15) is 9.90 Å². The lowest BCUT2D eigenvalue weighted by atomic mass is 9.75. The van der Waals surface area contributed by atoms with Crippen LogP contribution in [0.3, 0.4) is 0 Å². The van der Waals surface area contributed by atoms with Crippen molar-refractivity contribution in [3.8, 4) is 11.5 Å². The highest BCUT2D eigenvalue weighted by Gasteiger charge is 2.49. The number of aliphatic hydroxyl groups is 1. The van der Waals surface area contributed by atoms with Gasteiger partial charge in [0.05, 0.1) is 31.3 Å². The predicted molar refractivity (Wildman–Crippen MR) is 93.0 cm³/mol. The van der Waals surface area contributed by atoms with E-state index < -0.39 is 30.7 Å². The number of hydrogen-bond donors (Lipinski definition) is 1. The number of esters is 1. The fourth-order valence-electron chi connectivity index (χ4n) is 4.99. The second-order valence-electron chi connectivity index (χ2n) is 8.09. The van der Waals surface area contributed by atoms with Crippen molar-refractivity contribution in [1.29, 1.82) is 0 Å². The van der Waals surface area contributed by atoms with Gasteiger partial charge in [-0.05, 0) is 29.7 Å². The first-order chi connectivity index (χ1) is 14.2. The Morgan fingerprint density at radius 3 is 2.83 bits per heavy atom. The first-order valence-electron chi connectivity index (χ1n) is 9.95. The first kappa shape index (κ1) is 17.9. The summed E-state index contributed by atoms with van der Waals surface area (Å²) in [5, 5.41) is 10.5. The number of carbonyl (C=O) groups excluding carboxylic acids is 1. The summed E-state index contributed by atoms with van der Waals surface area (Å²) in [5.41, 5.74) is 1.93. The summed E-state index contributed by atoms with van der Waals surface area (Å²) < 4.78 is 39.6. The van der Waals surface area contributed by atoms with Crippen LogP contribution in [0.2, 0.25) is 0 Å². The topological polar surface area (TPSA) is 102 Å². The highest BCUT2D eigenvalue weighted by atomic mass is 16.7. The normalized spacial score (nSPS) is 40.0. The minimum Gasteiger partial charge on any atom is -0.465 e. The molecule has 0 radical (unpaired) electrons. The Bertz CT molecular complexity index is 826. The van der Waals surface area contributed by atoms with Crippen molar-refractivity contribution in [2.75, 3.05) is 26.8 Å². The lowest BCUT2D eigenvalue weighted by Gasteiger charge is -2.43. The quantitative estimate of drug-likeness (QED) is 0.710. The van der Waals surface area contributed by atoms with Crippen LogP contribution in [0.5, 0.6) is 11.5 Å². The molecule has 156 valence electrons. The van der Waals surface area contributed by atoms with Gasteiger partial charge in [-0.15, -0.1) is 0 Å². The van der Waals surface area contributed by atoms with Crippen molar-refractivity contribution < 1.29 is 43.1 Å². The molecule has 1 aliphatic carbocycles. The van der Waals surface area contributed by atoms with E-state index in [0.29, 0.717) is 31.1 Å². The van der Waals surface area contributed by atoms with Crippen LogP contribution in [-0.4, -0.2) is 62.5 Å². The van der Waals surface area contributed by atoms with Crippen LogP contribution in [0.15, 0.2) is 12.1 Å². The van der Waals surface area contributed by atoms with Crippen molar-refractivity contribution in [2.24, 2.45) is 11.8 Å².